The monoisotopic (exact) mass is 245 g/mol. The lowest BCUT2D eigenvalue weighted by Crippen LogP contribution is -2.21. The molecule has 0 atom stereocenters. The van der Waals surface area contributed by atoms with Gasteiger partial charge in [-0.05, 0) is 37.5 Å². The van der Waals surface area contributed by atoms with Gasteiger partial charge >= 0.3 is 0 Å². The van der Waals surface area contributed by atoms with Crippen molar-refractivity contribution in [2.45, 2.75) is 26.8 Å². The van der Waals surface area contributed by atoms with Gasteiger partial charge in [-0.2, -0.15) is 5.10 Å². The van der Waals surface area contributed by atoms with E-state index >= 15 is 0 Å². The Kier molecular flexibility index (Phi) is 2.58. The zero-order chi connectivity index (χ0) is 12.7. The van der Waals surface area contributed by atoms with E-state index in [1.165, 1.54) is 11.6 Å². The number of aryl methyl sites for hydroxylation is 1. The van der Waals surface area contributed by atoms with Crippen LogP contribution < -0.4 is 4.90 Å². The number of fused-ring (bicyclic) bond motifs is 1. The van der Waals surface area contributed by atoms with E-state index < -0.39 is 0 Å². The minimum absolute atomic E-state index is 0.130. The highest BCUT2D eigenvalue weighted by atomic mass is 19.1. The van der Waals surface area contributed by atoms with Crippen molar-refractivity contribution < 1.29 is 4.39 Å². The number of anilines is 1. The predicted molar refractivity (Wildman–Crippen MR) is 69.2 cm³/mol. The van der Waals surface area contributed by atoms with Gasteiger partial charge in [-0.15, -0.1) is 0 Å². The number of aromatic amines is 1. The van der Waals surface area contributed by atoms with Crippen LogP contribution in [0.5, 0.6) is 0 Å². The number of rotatable bonds is 2. The number of hydrogen-bond donors (Lipinski definition) is 1. The molecule has 0 amide bonds. The van der Waals surface area contributed by atoms with E-state index in [2.05, 4.69) is 15.1 Å². The van der Waals surface area contributed by atoms with E-state index in [0.717, 1.165) is 35.6 Å². The molecule has 1 N–H and O–H groups in total. The Morgan fingerprint density at radius 2 is 2.22 bits per heavy atom. The molecule has 1 aromatic carbocycles. The average Bonchev–Trinajstić information content (AvgIpc) is 2.90. The van der Waals surface area contributed by atoms with Crippen molar-refractivity contribution in [2.24, 2.45) is 0 Å². The Morgan fingerprint density at radius 1 is 1.39 bits per heavy atom. The number of benzene rings is 1. The second-order valence-electron chi connectivity index (χ2n) is 4.84. The zero-order valence-corrected chi connectivity index (χ0v) is 10.6. The quantitative estimate of drug-likeness (QED) is 0.882. The Morgan fingerprint density at radius 3 is 2.94 bits per heavy atom. The summed E-state index contributed by atoms with van der Waals surface area (Å²) in [4.78, 5) is 2.08. The topological polar surface area (TPSA) is 31.9 Å². The molecule has 0 spiro atoms. The lowest BCUT2D eigenvalue weighted by Gasteiger charge is -2.19. The maximum atomic E-state index is 13.9. The van der Waals surface area contributed by atoms with Gasteiger partial charge in [-0.1, -0.05) is 12.1 Å². The number of H-pyrrole nitrogens is 1. The van der Waals surface area contributed by atoms with Gasteiger partial charge in [0.25, 0.3) is 0 Å². The lowest BCUT2D eigenvalue weighted by atomic mass is 10.1. The molecule has 1 aromatic heterocycles. The summed E-state index contributed by atoms with van der Waals surface area (Å²) in [6, 6.07) is 5.31. The van der Waals surface area contributed by atoms with Crippen molar-refractivity contribution in [3.8, 4) is 0 Å². The van der Waals surface area contributed by atoms with E-state index in [4.69, 9.17) is 0 Å². The normalized spacial score (nSPS) is 14.1. The molecule has 0 bridgehead atoms. The van der Waals surface area contributed by atoms with E-state index in [-0.39, 0.29) is 5.82 Å². The molecule has 3 rings (SSSR count). The molecule has 0 radical (unpaired) electrons. The number of para-hydroxylation sites is 1. The largest absolute Gasteiger partial charge is 0.363 e. The van der Waals surface area contributed by atoms with Crippen molar-refractivity contribution in [3.63, 3.8) is 0 Å². The first-order valence-corrected chi connectivity index (χ1v) is 6.19. The number of halogens is 1. The first-order valence-electron chi connectivity index (χ1n) is 6.19. The van der Waals surface area contributed by atoms with Crippen molar-refractivity contribution in [1.82, 2.24) is 10.2 Å². The third kappa shape index (κ3) is 1.68. The Hall–Kier alpha value is -1.84. The second kappa shape index (κ2) is 4.12. The third-order valence-corrected chi connectivity index (χ3v) is 3.73. The number of hydrogen-bond acceptors (Lipinski definition) is 2. The minimum atomic E-state index is -0.130. The van der Waals surface area contributed by atoms with Gasteiger partial charge in [0.1, 0.15) is 5.82 Å². The maximum Gasteiger partial charge on any atom is 0.146 e. The van der Waals surface area contributed by atoms with Gasteiger partial charge in [-0.25, -0.2) is 4.39 Å². The third-order valence-electron chi connectivity index (χ3n) is 3.73. The second-order valence-corrected chi connectivity index (χ2v) is 4.84. The van der Waals surface area contributed by atoms with Gasteiger partial charge in [0.15, 0.2) is 0 Å². The molecule has 0 saturated carbocycles. The van der Waals surface area contributed by atoms with Crippen LogP contribution in [-0.2, 0) is 13.0 Å². The van der Waals surface area contributed by atoms with E-state index in [9.17, 15) is 4.39 Å². The van der Waals surface area contributed by atoms with Crippen LogP contribution in [0.2, 0.25) is 0 Å². The van der Waals surface area contributed by atoms with Gasteiger partial charge in [0.2, 0.25) is 0 Å². The summed E-state index contributed by atoms with van der Waals surface area (Å²) in [5.74, 6) is -0.130. The molecule has 18 heavy (non-hydrogen) atoms. The fourth-order valence-corrected chi connectivity index (χ4v) is 2.51. The summed E-state index contributed by atoms with van der Waals surface area (Å²) in [5.41, 5.74) is 5.10. The summed E-state index contributed by atoms with van der Waals surface area (Å²) in [7, 11) is 0. The molecule has 0 unspecified atom stereocenters. The molecule has 4 heteroatoms. The molecule has 3 nitrogen and oxygen atoms in total. The highest BCUT2D eigenvalue weighted by Gasteiger charge is 2.23. The van der Waals surface area contributed by atoms with Crippen LogP contribution in [0.4, 0.5) is 10.1 Å². The molecular weight excluding hydrogens is 229 g/mol. The van der Waals surface area contributed by atoms with Gasteiger partial charge in [0, 0.05) is 12.2 Å². The maximum absolute atomic E-state index is 13.9. The van der Waals surface area contributed by atoms with Crippen LogP contribution in [0.1, 0.15) is 22.5 Å². The van der Waals surface area contributed by atoms with Crippen LogP contribution >= 0.6 is 0 Å². The van der Waals surface area contributed by atoms with Gasteiger partial charge < -0.3 is 4.90 Å². The average molecular weight is 245 g/mol. The first-order chi connectivity index (χ1) is 8.66. The standard InChI is InChI=1S/C14H16FN3/c1-9-10(2)16-17-13(9)8-18-7-6-11-4-3-5-12(15)14(11)18/h3-5H,6-8H2,1-2H3,(H,16,17). The summed E-state index contributed by atoms with van der Waals surface area (Å²) in [6.07, 6.45) is 0.912. The Bertz CT molecular complexity index is 589. The summed E-state index contributed by atoms with van der Waals surface area (Å²) < 4.78 is 13.9. The molecule has 1 aliphatic heterocycles. The SMILES string of the molecule is Cc1[nH]nc(CN2CCc3cccc(F)c32)c1C. The highest BCUT2D eigenvalue weighted by molar-refractivity contribution is 5.59. The van der Waals surface area contributed by atoms with Crippen LogP contribution in [0, 0.1) is 19.7 Å². The molecular formula is C14H16FN3. The lowest BCUT2D eigenvalue weighted by molar-refractivity contribution is 0.621. The van der Waals surface area contributed by atoms with Crippen LogP contribution in [0.3, 0.4) is 0 Å². The van der Waals surface area contributed by atoms with Crippen molar-refractivity contribution in [2.75, 3.05) is 11.4 Å². The van der Waals surface area contributed by atoms with Crippen molar-refractivity contribution >= 4 is 5.69 Å². The van der Waals surface area contributed by atoms with Crippen LogP contribution in [0.15, 0.2) is 18.2 Å². The highest BCUT2D eigenvalue weighted by Crippen LogP contribution is 2.32. The van der Waals surface area contributed by atoms with Gasteiger partial charge in [-0.3, -0.25) is 5.10 Å². The Balaban J connectivity index is 1.91. The molecule has 0 aliphatic carbocycles. The molecule has 1 aliphatic rings. The van der Waals surface area contributed by atoms with Crippen molar-refractivity contribution in [1.29, 1.82) is 0 Å². The summed E-state index contributed by atoms with van der Waals surface area (Å²) in [6.45, 7) is 5.59. The van der Waals surface area contributed by atoms with E-state index in [1.54, 1.807) is 6.07 Å². The Labute approximate surface area is 106 Å². The predicted octanol–water partition coefficient (Wildman–Crippen LogP) is 2.73. The minimum Gasteiger partial charge on any atom is -0.363 e. The first kappa shape index (κ1) is 11.3. The fraction of sp³-hybridized carbons (Fsp3) is 0.357. The fourth-order valence-electron chi connectivity index (χ4n) is 2.51. The molecule has 0 fully saturated rings. The van der Waals surface area contributed by atoms with E-state index in [0.29, 0.717) is 6.54 Å². The zero-order valence-electron chi connectivity index (χ0n) is 10.6. The molecule has 2 heterocycles. The molecule has 94 valence electrons. The number of nitrogens with zero attached hydrogens (tertiary/aromatic N) is 2. The molecule has 2 aromatic rings. The number of aromatic nitrogens is 2. The molecule has 0 saturated heterocycles. The van der Waals surface area contributed by atoms with Crippen LogP contribution in [-0.4, -0.2) is 16.7 Å². The van der Waals surface area contributed by atoms with Crippen LogP contribution in [0.25, 0.3) is 0 Å². The smallest absolute Gasteiger partial charge is 0.146 e. The number of nitrogens with one attached hydrogen (secondary N) is 1. The van der Waals surface area contributed by atoms with Gasteiger partial charge in [0.05, 0.1) is 17.9 Å². The van der Waals surface area contributed by atoms with Crippen molar-refractivity contribution in [3.05, 3.63) is 46.5 Å². The van der Waals surface area contributed by atoms with E-state index in [1.807, 2.05) is 19.9 Å². The summed E-state index contributed by atoms with van der Waals surface area (Å²) >= 11 is 0. The summed E-state index contributed by atoms with van der Waals surface area (Å²) in [5, 5.41) is 7.27.